The molecule has 0 aliphatic rings. The molecule has 0 bridgehead atoms. The first-order valence-corrected chi connectivity index (χ1v) is 10.6. The van der Waals surface area contributed by atoms with Crippen LogP contribution in [0.2, 0.25) is 5.02 Å². The number of aryl methyl sites for hydroxylation is 2. The molecule has 0 saturated heterocycles. The average molecular weight is 426 g/mol. The minimum Gasteiger partial charge on any atom is -0.383 e. The molecule has 0 fully saturated rings. The van der Waals surface area contributed by atoms with Crippen LogP contribution in [0.1, 0.15) is 31.7 Å². The second-order valence-electron chi connectivity index (χ2n) is 7.74. The van der Waals surface area contributed by atoms with E-state index < -0.39 is 0 Å². The third-order valence-corrected chi connectivity index (χ3v) is 6.15. The number of benzene rings is 1. The van der Waals surface area contributed by atoms with Crippen LogP contribution in [0.25, 0.3) is 21.8 Å². The van der Waals surface area contributed by atoms with E-state index in [1.165, 1.54) is 6.07 Å². The Balaban J connectivity index is 1.44. The molecule has 0 radical (unpaired) electrons. The van der Waals surface area contributed by atoms with E-state index in [0.29, 0.717) is 22.6 Å². The number of aromatic nitrogens is 3. The predicted octanol–water partition coefficient (Wildman–Crippen LogP) is 5.59. The van der Waals surface area contributed by atoms with Gasteiger partial charge in [0.15, 0.2) is 0 Å². The first-order valence-electron chi connectivity index (χ1n) is 10.2. The zero-order valence-corrected chi connectivity index (χ0v) is 17.7. The fraction of sp³-hybridized carbons (Fsp3) is 0.304. The number of hydrogen-bond donors (Lipinski definition) is 2. The van der Waals surface area contributed by atoms with Crippen molar-refractivity contribution in [2.75, 3.05) is 11.5 Å². The first-order chi connectivity index (χ1) is 14.5. The van der Waals surface area contributed by atoms with Gasteiger partial charge in [-0.05, 0) is 61.1 Å². The van der Waals surface area contributed by atoms with E-state index in [4.69, 9.17) is 23.1 Å². The van der Waals surface area contributed by atoms with Crippen LogP contribution in [-0.2, 0) is 13.0 Å². The number of anilines is 2. The summed E-state index contributed by atoms with van der Waals surface area (Å²) in [4.78, 5) is 8.38. The summed E-state index contributed by atoms with van der Waals surface area (Å²) in [6.45, 7) is 3.11. The van der Waals surface area contributed by atoms with Crippen LogP contribution in [0.4, 0.5) is 16.0 Å². The third-order valence-electron chi connectivity index (χ3n) is 5.85. The minimum atomic E-state index is -0.310. The summed E-state index contributed by atoms with van der Waals surface area (Å²) in [6, 6.07) is 9.04. The van der Waals surface area contributed by atoms with Gasteiger partial charge < -0.3 is 16.0 Å². The number of nitrogen functional groups attached to an aromatic ring is 2. The van der Waals surface area contributed by atoms with E-state index in [1.54, 1.807) is 12.3 Å². The molecule has 30 heavy (non-hydrogen) atoms. The molecule has 3 heterocycles. The van der Waals surface area contributed by atoms with Gasteiger partial charge in [-0.3, -0.25) is 0 Å². The Bertz CT molecular complexity index is 1200. The normalized spacial score (nSPS) is 12.6. The molecular weight excluding hydrogens is 401 g/mol. The van der Waals surface area contributed by atoms with Gasteiger partial charge in [-0.2, -0.15) is 0 Å². The van der Waals surface area contributed by atoms with Crippen molar-refractivity contribution in [3.05, 3.63) is 59.1 Å². The SMILES string of the molecule is CCC(CCc1cc(F)c2cc(Cl)c(N)nc2c1)CCn1ccc2c(N)nccc21. The van der Waals surface area contributed by atoms with Crippen molar-refractivity contribution < 1.29 is 4.39 Å². The molecule has 0 aliphatic carbocycles. The lowest BCUT2D eigenvalue weighted by Crippen LogP contribution is -2.07. The van der Waals surface area contributed by atoms with Gasteiger partial charge in [0, 0.05) is 29.7 Å². The lowest BCUT2D eigenvalue weighted by atomic mass is 9.93. The smallest absolute Gasteiger partial charge is 0.142 e. The second-order valence-corrected chi connectivity index (χ2v) is 8.15. The van der Waals surface area contributed by atoms with Crippen LogP contribution in [0.5, 0.6) is 0 Å². The molecule has 3 aromatic heterocycles. The van der Waals surface area contributed by atoms with Gasteiger partial charge in [-0.25, -0.2) is 14.4 Å². The summed E-state index contributed by atoms with van der Waals surface area (Å²) in [5, 5.41) is 1.66. The molecule has 4 N–H and O–H groups in total. The molecule has 0 spiro atoms. The Labute approximate surface area is 179 Å². The first kappa shape index (κ1) is 20.4. The van der Waals surface area contributed by atoms with Crippen LogP contribution in [-0.4, -0.2) is 14.5 Å². The highest BCUT2D eigenvalue weighted by molar-refractivity contribution is 6.33. The summed E-state index contributed by atoms with van der Waals surface area (Å²) in [6.07, 6.45) is 7.69. The van der Waals surface area contributed by atoms with Crippen molar-refractivity contribution in [2.45, 2.75) is 39.2 Å². The maximum absolute atomic E-state index is 14.5. The second kappa shape index (κ2) is 8.48. The van der Waals surface area contributed by atoms with Gasteiger partial charge in [-0.1, -0.05) is 24.9 Å². The monoisotopic (exact) mass is 425 g/mol. The highest BCUT2D eigenvalue weighted by Gasteiger charge is 2.12. The maximum Gasteiger partial charge on any atom is 0.142 e. The third kappa shape index (κ3) is 4.05. The number of nitrogens with zero attached hydrogens (tertiary/aromatic N) is 3. The largest absolute Gasteiger partial charge is 0.383 e. The topological polar surface area (TPSA) is 82.8 Å². The van der Waals surface area contributed by atoms with E-state index in [9.17, 15) is 4.39 Å². The number of rotatable bonds is 7. The lowest BCUT2D eigenvalue weighted by Gasteiger charge is -2.16. The van der Waals surface area contributed by atoms with Crippen molar-refractivity contribution in [2.24, 2.45) is 5.92 Å². The van der Waals surface area contributed by atoms with Gasteiger partial charge in [0.1, 0.15) is 17.5 Å². The molecule has 7 heteroatoms. The van der Waals surface area contributed by atoms with Crippen LogP contribution < -0.4 is 11.5 Å². The molecule has 0 aliphatic heterocycles. The summed E-state index contributed by atoms with van der Waals surface area (Å²) in [5.41, 5.74) is 14.3. The lowest BCUT2D eigenvalue weighted by molar-refractivity contribution is 0.410. The van der Waals surface area contributed by atoms with Gasteiger partial charge in [0.2, 0.25) is 0 Å². The highest BCUT2D eigenvalue weighted by Crippen LogP contribution is 2.27. The van der Waals surface area contributed by atoms with Crippen LogP contribution in [0, 0.1) is 11.7 Å². The number of nitrogens with two attached hydrogens (primary N) is 2. The Morgan fingerprint density at radius 1 is 1.10 bits per heavy atom. The zero-order valence-electron chi connectivity index (χ0n) is 16.9. The van der Waals surface area contributed by atoms with Crippen molar-refractivity contribution in [3.63, 3.8) is 0 Å². The Hall–Kier alpha value is -2.86. The fourth-order valence-corrected chi connectivity index (χ4v) is 4.16. The van der Waals surface area contributed by atoms with E-state index >= 15 is 0 Å². The Morgan fingerprint density at radius 2 is 1.93 bits per heavy atom. The molecule has 1 unspecified atom stereocenters. The molecule has 1 atom stereocenters. The van der Waals surface area contributed by atoms with Crippen molar-refractivity contribution >= 4 is 45.0 Å². The van der Waals surface area contributed by atoms with Crippen molar-refractivity contribution in [3.8, 4) is 0 Å². The van der Waals surface area contributed by atoms with Gasteiger partial charge in [0.05, 0.1) is 16.1 Å². The Morgan fingerprint density at radius 3 is 2.73 bits per heavy atom. The van der Waals surface area contributed by atoms with E-state index in [2.05, 4.69) is 27.7 Å². The van der Waals surface area contributed by atoms with Crippen LogP contribution >= 0.6 is 11.6 Å². The number of hydrogen-bond acceptors (Lipinski definition) is 4. The van der Waals surface area contributed by atoms with Gasteiger partial charge >= 0.3 is 0 Å². The number of pyridine rings is 2. The van der Waals surface area contributed by atoms with Gasteiger partial charge in [-0.15, -0.1) is 0 Å². The minimum absolute atomic E-state index is 0.224. The molecule has 0 amide bonds. The summed E-state index contributed by atoms with van der Waals surface area (Å²) < 4.78 is 16.7. The van der Waals surface area contributed by atoms with Crippen molar-refractivity contribution in [1.82, 2.24) is 14.5 Å². The maximum atomic E-state index is 14.5. The van der Waals surface area contributed by atoms with E-state index in [1.807, 2.05) is 18.2 Å². The van der Waals surface area contributed by atoms with E-state index in [-0.39, 0.29) is 16.7 Å². The van der Waals surface area contributed by atoms with E-state index in [0.717, 1.165) is 48.7 Å². The molecule has 0 saturated carbocycles. The van der Waals surface area contributed by atoms with Crippen LogP contribution in [0.3, 0.4) is 0 Å². The highest BCUT2D eigenvalue weighted by atomic mass is 35.5. The summed E-state index contributed by atoms with van der Waals surface area (Å²) in [7, 11) is 0. The average Bonchev–Trinajstić information content (AvgIpc) is 3.14. The fourth-order valence-electron chi connectivity index (χ4n) is 4.01. The quantitative estimate of drug-likeness (QED) is 0.404. The number of fused-ring (bicyclic) bond motifs is 2. The predicted molar refractivity (Wildman–Crippen MR) is 122 cm³/mol. The van der Waals surface area contributed by atoms with Gasteiger partial charge in [0.25, 0.3) is 0 Å². The summed E-state index contributed by atoms with van der Waals surface area (Å²) in [5.74, 6) is 1.01. The Kier molecular flexibility index (Phi) is 5.77. The van der Waals surface area contributed by atoms with Crippen LogP contribution in [0.15, 0.2) is 42.7 Å². The summed E-state index contributed by atoms with van der Waals surface area (Å²) >= 11 is 5.98. The number of halogens is 2. The molecular formula is C23H25ClFN5. The molecule has 156 valence electrons. The van der Waals surface area contributed by atoms with Crippen molar-refractivity contribution in [1.29, 1.82) is 0 Å². The molecule has 4 rings (SSSR count). The standard InChI is InChI=1S/C23H25ClFN5/c1-2-14(6-9-30-10-7-16-21(30)5-8-28-22(16)26)3-4-15-11-19(25)17-13-18(24)23(27)29-20(17)12-15/h5,7-8,10-14H,2-4,6,9H2,1H3,(H2,26,28)(H2,27,29). The molecule has 5 nitrogen and oxygen atoms in total. The zero-order chi connectivity index (χ0) is 21.3. The molecule has 4 aromatic rings. The molecule has 1 aromatic carbocycles.